The first kappa shape index (κ1) is 34.8. The van der Waals surface area contributed by atoms with Crippen LogP contribution in [0.4, 0.5) is 17.1 Å². The molecule has 276 valence electrons. The maximum atomic E-state index is 2.48. The first-order valence-corrected chi connectivity index (χ1v) is 20.3. The zero-order valence-corrected chi connectivity index (χ0v) is 33.3. The summed E-state index contributed by atoms with van der Waals surface area (Å²) in [6, 6.07) is 62.9. The van der Waals surface area contributed by atoms with Crippen molar-refractivity contribution in [2.75, 3.05) is 4.90 Å². The largest absolute Gasteiger partial charge is 0.310 e. The fraction of sp³-hybridized carbons (Fsp3) is 0.127. The lowest BCUT2D eigenvalue weighted by molar-refractivity contribution is 0.660. The van der Waals surface area contributed by atoms with E-state index < -0.39 is 0 Å². The highest BCUT2D eigenvalue weighted by Crippen LogP contribution is 2.52. The van der Waals surface area contributed by atoms with Crippen LogP contribution in [-0.4, -0.2) is 4.57 Å². The highest BCUT2D eigenvalue weighted by Gasteiger charge is 2.36. The average molecular weight is 735 g/mol. The first-order chi connectivity index (χ1) is 27.8. The minimum atomic E-state index is -0.0972. The molecule has 10 rings (SSSR count). The molecule has 0 unspecified atom stereocenters. The van der Waals surface area contributed by atoms with Crippen molar-refractivity contribution in [1.29, 1.82) is 0 Å². The molecule has 0 saturated carbocycles. The summed E-state index contributed by atoms with van der Waals surface area (Å²) < 4.78 is 2.47. The number of aryl methyl sites for hydroxylation is 2. The molecule has 0 spiro atoms. The molecule has 0 bridgehead atoms. The van der Waals surface area contributed by atoms with Gasteiger partial charge in [0, 0.05) is 44.2 Å². The van der Waals surface area contributed by atoms with Crippen molar-refractivity contribution in [2.45, 2.75) is 46.5 Å². The Balaban J connectivity index is 1.17. The van der Waals surface area contributed by atoms with E-state index in [2.05, 4.69) is 220 Å². The van der Waals surface area contributed by atoms with Crippen LogP contribution in [0.5, 0.6) is 0 Å². The molecular formula is C55H46N2. The fourth-order valence-electron chi connectivity index (χ4n) is 9.63. The van der Waals surface area contributed by atoms with Gasteiger partial charge in [0.1, 0.15) is 0 Å². The number of benzene rings is 8. The van der Waals surface area contributed by atoms with Gasteiger partial charge in [0.05, 0.1) is 16.7 Å². The number of aromatic nitrogens is 1. The van der Waals surface area contributed by atoms with Gasteiger partial charge in [0.15, 0.2) is 0 Å². The number of anilines is 3. The Kier molecular flexibility index (Phi) is 8.27. The molecule has 1 aromatic heterocycles. The van der Waals surface area contributed by atoms with Crippen molar-refractivity contribution < 1.29 is 0 Å². The third-order valence-electron chi connectivity index (χ3n) is 12.3. The van der Waals surface area contributed by atoms with E-state index in [0.29, 0.717) is 0 Å². The van der Waals surface area contributed by atoms with Gasteiger partial charge in [-0.3, -0.25) is 0 Å². The predicted molar refractivity (Wildman–Crippen MR) is 244 cm³/mol. The van der Waals surface area contributed by atoms with E-state index in [4.69, 9.17) is 0 Å². The molecule has 0 atom stereocenters. The van der Waals surface area contributed by atoms with E-state index >= 15 is 0 Å². The van der Waals surface area contributed by atoms with Gasteiger partial charge < -0.3 is 9.47 Å². The number of hydrogen-bond donors (Lipinski definition) is 0. The molecule has 0 saturated heterocycles. The third-order valence-corrected chi connectivity index (χ3v) is 12.3. The van der Waals surface area contributed by atoms with Crippen LogP contribution in [-0.2, 0) is 5.41 Å². The third kappa shape index (κ3) is 5.46. The Hall–Kier alpha value is -6.64. The van der Waals surface area contributed by atoms with Crippen LogP contribution in [0.3, 0.4) is 0 Å². The van der Waals surface area contributed by atoms with Crippen LogP contribution in [0.1, 0.15) is 55.0 Å². The molecule has 57 heavy (non-hydrogen) atoms. The fourth-order valence-corrected chi connectivity index (χ4v) is 9.63. The van der Waals surface area contributed by atoms with Crippen LogP contribution >= 0.6 is 0 Å². The second-order valence-corrected chi connectivity index (χ2v) is 16.1. The van der Waals surface area contributed by atoms with Gasteiger partial charge in [0.2, 0.25) is 0 Å². The van der Waals surface area contributed by atoms with Gasteiger partial charge in [0.25, 0.3) is 0 Å². The summed E-state index contributed by atoms with van der Waals surface area (Å²) in [6.45, 7) is 11.4. The van der Waals surface area contributed by atoms with Crippen LogP contribution in [0, 0.1) is 13.8 Å². The summed E-state index contributed by atoms with van der Waals surface area (Å²) in [7, 11) is 0. The van der Waals surface area contributed by atoms with E-state index in [1.165, 1.54) is 99.7 Å². The van der Waals surface area contributed by atoms with E-state index in [0.717, 1.165) is 12.1 Å². The molecule has 2 nitrogen and oxygen atoms in total. The van der Waals surface area contributed by atoms with Crippen molar-refractivity contribution in [1.82, 2.24) is 4.57 Å². The van der Waals surface area contributed by atoms with E-state index in [1.54, 1.807) is 0 Å². The summed E-state index contributed by atoms with van der Waals surface area (Å²) in [5.41, 5.74) is 18.8. The zero-order chi connectivity index (χ0) is 38.8. The normalized spacial score (nSPS) is 13.3. The van der Waals surface area contributed by atoms with Gasteiger partial charge in [-0.25, -0.2) is 0 Å². The smallest absolute Gasteiger partial charge is 0.0569 e. The second-order valence-electron chi connectivity index (χ2n) is 16.1. The molecule has 0 radical (unpaired) electrons. The van der Waals surface area contributed by atoms with Crippen LogP contribution in [0.2, 0.25) is 0 Å². The highest BCUT2D eigenvalue weighted by atomic mass is 15.1. The Labute approximate surface area is 336 Å². The van der Waals surface area contributed by atoms with Crippen molar-refractivity contribution in [3.63, 3.8) is 0 Å². The summed E-state index contributed by atoms with van der Waals surface area (Å²) in [5.74, 6) is 0. The van der Waals surface area contributed by atoms with Gasteiger partial charge in [-0.1, -0.05) is 148 Å². The molecule has 0 aliphatic heterocycles. The molecule has 1 aliphatic rings. The lowest BCUT2D eigenvalue weighted by Gasteiger charge is -2.31. The Morgan fingerprint density at radius 1 is 0.526 bits per heavy atom. The highest BCUT2D eigenvalue weighted by molar-refractivity contribution is 6.14. The summed E-state index contributed by atoms with van der Waals surface area (Å²) in [4.78, 5) is 2.48. The van der Waals surface area contributed by atoms with Crippen molar-refractivity contribution in [3.8, 4) is 22.3 Å². The molecule has 2 heteroatoms. The number of nitrogens with zero attached hydrogens (tertiary/aromatic N) is 2. The average Bonchev–Trinajstić information content (AvgIpc) is 3.69. The first-order valence-electron chi connectivity index (χ1n) is 20.3. The molecule has 0 amide bonds. The SMILES string of the molecule is CCC=C(c1ccccc1C)n1c2ccccc2c2cc(-c3cc(C)c(N(c4ccccc4)c4ccc5c(c4)C(C)(C)c4ccccc4-5)c4ccccc34)ccc21. The quantitative estimate of drug-likeness (QED) is 0.158. The van der Waals surface area contributed by atoms with Gasteiger partial charge in [-0.2, -0.15) is 0 Å². The molecule has 1 aliphatic carbocycles. The molecule has 0 N–H and O–H groups in total. The van der Waals surface area contributed by atoms with E-state index in [9.17, 15) is 0 Å². The van der Waals surface area contributed by atoms with Gasteiger partial charge in [-0.15, -0.1) is 0 Å². The number of hydrogen-bond acceptors (Lipinski definition) is 1. The van der Waals surface area contributed by atoms with Gasteiger partial charge >= 0.3 is 0 Å². The molecule has 0 fully saturated rings. The Morgan fingerprint density at radius 2 is 1.19 bits per heavy atom. The van der Waals surface area contributed by atoms with Crippen molar-refractivity contribution in [2.24, 2.45) is 0 Å². The number of allylic oxidation sites excluding steroid dienone is 1. The minimum absolute atomic E-state index is 0.0972. The maximum Gasteiger partial charge on any atom is 0.0569 e. The molecule has 1 heterocycles. The van der Waals surface area contributed by atoms with Crippen molar-refractivity contribution >= 4 is 55.3 Å². The number of fused-ring (bicyclic) bond motifs is 7. The second kappa shape index (κ2) is 13.5. The molecular weight excluding hydrogens is 689 g/mol. The maximum absolute atomic E-state index is 2.48. The van der Waals surface area contributed by atoms with E-state index in [1.807, 2.05) is 0 Å². The van der Waals surface area contributed by atoms with Gasteiger partial charge in [-0.05, 0) is 119 Å². The Bertz CT molecular complexity index is 3050. The number of para-hydroxylation sites is 2. The minimum Gasteiger partial charge on any atom is -0.310 e. The Morgan fingerprint density at radius 3 is 2.00 bits per heavy atom. The zero-order valence-electron chi connectivity index (χ0n) is 33.3. The van der Waals surface area contributed by atoms with E-state index in [-0.39, 0.29) is 5.41 Å². The predicted octanol–water partition coefficient (Wildman–Crippen LogP) is 15.3. The number of rotatable bonds is 7. The standard InChI is InChI=1S/C55H46N2/c1-6-18-51(41-22-11-10-19-36(41)2)57-52-28-17-15-25-45(52)48-34-38(29-32-53(48)57)47-33-37(3)54(46-26-13-12-23-42(46)47)56(39-20-8-7-9-21-39)40-30-31-44-43-24-14-16-27-49(43)55(4,5)50(44)35-40/h7-35H,6H2,1-5H3. The monoisotopic (exact) mass is 734 g/mol. The van der Waals surface area contributed by atoms with Crippen LogP contribution < -0.4 is 4.90 Å². The lowest BCUT2D eigenvalue weighted by Crippen LogP contribution is -2.17. The summed E-state index contributed by atoms with van der Waals surface area (Å²) in [5, 5.41) is 4.99. The molecule has 9 aromatic rings. The molecule has 8 aromatic carbocycles. The lowest BCUT2D eigenvalue weighted by atomic mass is 9.82. The summed E-state index contributed by atoms with van der Waals surface area (Å²) >= 11 is 0. The van der Waals surface area contributed by atoms with Crippen molar-refractivity contribution in [3.05, 3.63) is 204 Å². The summed E-state index contributed by atoms with van der Waals surface area (Å²) in [6.07, 6.45) is 3.32. The van der Waals surface area contributed by atoms with Crippen LogP contribution in [0.15, 0.2) is 176 Å². The topological polar surface area (TPSA) is 8.17 Å². The van der Waals surface area contributed by atoms with Crippen LogP contribution in [0.25, 0.3) is 60.5 Å².